The van der Waals surface area contributed by atoms with Gasteiger partial charge in [0, 0.05) is 13.1 Å². The zero-order valence-electron chi connectivity index (χ0n) is 16.2. The number of carbonyl (C=O) groups excluding carboxylic acids is 2. The first-order valence-corrected chi connectivity index (χ1v) is 9.79. The van der Waals surface area contributed by atoms with Crippen LogP contribution in [0.4, 0.5) is 4.79 Å². The number of likely N-dealkylation sites (tertiary alicyclic amines) is 2. The van der Waals surface area contributed by atoms with Crippen molar-refractivity contribution < 1.29 is 14.3 Å². The van der Waals surface area contributed by atoms with E-state index in [1.165, 1.54) is 7.11 Å². The van der Waals surface area contributed by atoms with Crippen molar-refractivity contribution in [1.82, 2.24) is 30.3 Å². The number of aromatic amines is 1. The van der Waals surface area contributed by atoms with Crippen LogP contribution >= 0.6 is 0 Å². The lowest BCUT2D eigenvalue weighted by Crippen LogP contribution is -2.52. The van der Waals surface area contributed by atoms with Gasteiger partial charge in [0.05, 0.1) is 13.7 Å². The van der Waals surface area contributed by atoms with Crippen LogP contribution in [-0.2, 0) is 16.1 Å². The van der Waals surface area contributed by atoms with Crippen molar-refractivity contribution in [3.8, 4) is 0 Å². The van der Waals surface area contributed by atoms with Gasteiger partial charge in [0.15, 0.2) is 5.82 Å². The minimum Gasteiger partial charge on any atom is -0.453 e. The Morgan fingerprint density at radius 3 is 2.67 bits per heavy atom. The molecular formula is C18H30N6O3. The number of ether oxygens (including phenoxy) is 1. The zero-order valence-corrected chi connectivity index (χ0v) is 16.2. The van der Waals surface area contributed by atoms with Gasteiger partial charge in [-0.25, -0.2) is 9.78 Å². The van der Waals surface area contributed by atoms with E-state index in [9.17, 15) is 9.59 Å². The highest BCUT2D eigenvalue weighted by Crippen LogP contribution is 2.20. The first-order valence-electron chi connectivity index (χ1n) is 9.79. The molecule has 3 rings (SSSR count). The number of hydrogen-bond donors (Lipinski definition) is 2. The first kappa shape index (κ1) is 19.6. The van der Waals surface area contributed by atoms with Crippen molar-refractivity contribution in [1.29, 1.82) is 0 Å². The van der Waals surface area contributed by atoms with Crippen LogP contribution < -0.4 is 5.32 Å². The highest BCUT2D eigenvalue weighted by atomic mass is 16.5. The molecular weight excluding hydrogens is 348 g/mol. The van der Waals surface area contributed by atoms with E-state index >= 15 is 0 Å². The second-order valence-corrected chi connectivity index (χ2v) is 7.48. The van der Waals surface area contributed by atoms with Crippen LogP contribution in [0.15, 0.2) is 0 Å². The number of aryl methyl sites for hydroxylation is 1. The van der Waals surface area contributed by atoms with E-state index in [0.717, 1.165) is 57.0 Å². The minimum atomic E-state index is -0.412. The third kappa shape index (κ3) is 5.18. The maximum Gasteiger partial charge on any atom is 0.410 e. The van der Waals surface area contributed by atoms with Crippen LogP contribution in [0.25, 0.3) is 0 Å². The molecule has 0 radical (unpaired) electrons. The Bertz CT molecular complexity index is 641. The number of H-pyrrole nitrogens is 1. The number of rotatable bonds is 5. The molecule has 1 atom stereocenters. The molecule has 0 spiro atoms. The third-order valence-electron chi connectivity index (χ3n) is 5.50. The number of hydrogen-bond acceptors (Lipinski definition) is 6. The number of piperidine rings is 2. The van der Waals surface area contributed by atoms with Gasteiger partial charge >= 0.3 is 6.09 Å². The maximum absolute atomic E-state index is 12.6. The maximum atomic E-state index is 12.6. The summed E-state index contributed by atoms with van der Waals surface area (Å²) in [7, 11) is 1.36. The highest BCUT2D eigenvalue weighted by Gasteiger charge is 2.33. The molecule has 2 amide bonds. The van der Waals surface area contributed by atoms with Crippen LogP contribution in [0.5, 0.6) is 0 Å². The fourth-order valence-electron chi connectivity index (χ4n) is 3.91. The van der Waals surface area contributed by atoms with E-state index in [0.29, 0.717) is 25.4 Å². The molecule has 150 valence electrons. The van der Waals surface area contributed by atoms with Crippen molar-refractivity contribution in [2.45, 2.75) is 51.6 Å². The number of methoxy groups -OCH3 is 1. The van der Waals surface area contributed by atoms with E-state index < -0.39 is 12.1 Å². The largest absolute Gasteiger partial charge is 0.453 e. The Hall–Kier alpha value is -2.16. The molecule has 1 unspecified atom stereocenters. The van der Waals surface area contributed by atoms with Gasteiger partial charge in [0.2, 0.25) is 5.91 Å². The summed E-state index contributed by atoms with van der Waals surface area (Å²) in [4.78, 5) is 32.7. The Kier molecular flexibility index (Phi) is 6.65. The summed E-state index contributed by atoms with van der Waals surface area (Å²) in [5.41, 5.74) is 0. The van der Waals surface area contributed by atoms with E-state index in [1.54, 1.807) is 4.90 Å². The van der Waals surface area contributed by atoms with Crippen LogP contribution in [0.2, 0.25) is 0 Å². The van der Waals surface area contributed by atoms with Gasteiger partial charge in [-0.15, -0.1) is 0 Å². The normalized spacial score (nSPS) is 21.9. The predicted molar refractivity (Wildman–Crippen MR) is 98.9 cm³/mol. The van der Waals surface area contributed by atoms with Gasteiger partial charge in [-0.05, 0) is 58.0 Å². The van der Waals surface area contributed by atoms with E-state index in [-0.39, 0.29) is 5.91 Å². The molecule has 3 heterocycles. The molecule has 2 fully saturated rings. The molecule has 2 aliphatic rings. The smallest absolute Gasteiger partial charge is 0.410 e. The third-order valence-corrected chi connectivity index (χ3v) is 5.50. The van der Waals surface area contributed by atoms with Crippen LogP contribution in [0.3, 0.4) is 0 Å². The second kappa shape index (κ2) is 9.16. The standard InChI is InChI=1S/C18H30N6O3/c1-13-20-16(22-21-13)12-23-9-6-14(7-10-23)11-19-17(25)15-5-3-4-8-24(15)18(26)27-2/h14-15H,3-12H2,1-2H3,(H,19,25)(H,20,21,22). The molecule has 2 saturated heterocycles. The second-order valence-electron chi connectivity index (χ2n) is 7.48. The molecule has 27 heavy (non-hydrogen) atoms. The summed E-state index contributed by atoms with van der Waals surface area (Å²) in [6.07, 6.45) is 4.25. The molecule has 2 N–H and O–H groups in total. The quantitative estimate of drug-likeness (QED) is 0.794. The van der Waals surface area contributed by atoms with Gasteiger partial charge in [0.25, 0.3) is 0 Å². The Morgan fingerprint density at radius 1 is 1.22 bits per heavy atom. The molecule has 9 heteroatoms. The van der Waals surface area contributed by atoms with Gasteiger partial charge in [-0.3, -0.25) is 19.7 Å². The lowest BCUT2D eigenvalue weighted by atomic mass is 9.96. The van der Waals surface area contributed by atoms with E-state index in [4.69, 9.17) is 4.74 Å². The fraction of sp³-hybridized carbons (Fsp3) is 0.778. The average Bonchev–Trinajstić information content (AvgIpc) is 3.11. The predicted octanol–water partition coefficient (Wildman–Crippen LogP) is 1.06. The summed E-state index contributed by atoms with van der Waals surface area (Å²) in [5.74, 6) is 2.08. The average molecular weight is 378 g/mol. The van der Waals surface area contributed by atoms with Crippen molar-refractivity contribution in [2.24, 2.45) is 5.92 Å². The van der Waals surface area contributed by atoms with Crippen LogP contribution in [0, 0.1) is 12.8 Å². The van der Waals surface area contributed by atoms with Crippen molar-refractivity contribution in [3.63, 3.8) is 0 Å². The highest BCUT2D eigenvalue weighted by molar-refractivity contribution is 5.85. The fourth-order valence-corrected chi connectivity index (χ4v) is 3.91. The molecule has 0 aromatic carbocycles. The van der Waals surface area contributed by atoms with Gasteiger partial charge in [-0.1, -0.05) is 0 Å². The van der Waals surface area contributed by atoms with Crippen molar-refractivity contribution in [2.75, 3.05) is 33.3 Å². The molecule has 1 aromatic rings. The van der Waals surface area contributed by atoms with Gasteiger partial charge in [0.1, 0.15) is 11.9 Å². The summed E-state index contributed by atoms with van der Waals surface area (Å²) in [5, 5.41) is 10.1. The zero-order chi connectivity index (χ0) is 19.2. The van der Waals surface area contributed by atoms with Crippen molar-refractivity contribution >= 4 is 12.0 Å². The Morgan fingerprint density at radius 2 is 2.00 bits per heavy atom. The summed E-state index contributed by atoms with van der Waals surface area (Å²) >= 11 is 0. The lowest BCUT2D eigenvalue weighted by molar-refractivity contribution is -0.127. The van der Waals surface area contributed by atoms with Crippen molar-refractivity contribution in [3.05, 3.63) is 11.6 Å². The minimum absolute atomic E-state index is 0.0567. The lowest BCUT2D eigenvalue weighted by Gasteiger charge is -2.34. The SMILES string of the molecule is COC(=O)N1CCCCC1C(=O)NCC1CCN(Cc2n[nH]c(C)n2)CC1. The van der Waals surface area contributed by atoms with Gasteiger partial charge < -0.3 is 10.1 Å². The topological polar surface area (TPSA) is 103 Å². The molecule has 0 aliphatic carbocycles. The number of nitrogens with one attached hydrogen (secondary N) is 2. The number of aromatic nitrogens is 3. The first-order chi connectivity index (χ1) is 13.1. The number of carbonyl (C=O) groups is 2. The molecule has 0 saturated carbocycles. The summed E-state index contributed by atoms with van der Waals surface area (Å²) in [6, 6.07) is -0.403. The van der Waals surface area contributed by atoms with Gasteiger partial charge in [-0.2, -0.15) is 5.10 Å². The molecule has 0 bridgehead atoms. The summed E-state index contributed by atoms with van der Waals surface area (Å²) in [6.45, 7) is 5.87. The summed E-state index contributed by atoms with van der Waals surface area (Å²) < 4.78 is 4.82. The number of amides is 2. The Balaban J connectivity index is 1.41. The van der Waals surface area contributed by atoms with E-state index in [2.05, 4.69) is 25.4 Å². The number of nitrogens with zero attached hydrogens (tertiary/aromatic N) is 4. The van der Waals surface area contributed by atoms with Crippen LogP contribution in [0.1, 0.15) is 43.8 Å². The Labute approximate surface area is 159 Å². The molecule has 2 aliphatic heterocycles. The van der Waals surface area contributed by atoms with E-state index in [1.807, 2.05) is 6.92 Å². The molecule has 9 nitrogen and oxygen atoms in total. The monoisotopic (exact) mass is 378 g/mol. The van der Waals surface area contributed by atoms with Crippen LogP contribution in [-0.4, -0.2) is 76.3 Å². The molecule has 1 aromatic heterocycles.